The lowest BCUT2D eigenvalue weighted by Gasteiger charge is -2.20. The van der Waals surface area contributed by atoms with Crippen LogP contribution in [0.2, 0.25) is 0 Å². The standard InChI is InChI=1S/C44H30N2/c1-5-13-31(14-6-1)37-25-27-43-41-29-35(21-23-39(37)41)46(34-19-11-4-12-20-34)44-28-26-38(32-15-7-2-8-16-32)40-24-22-36(30-42(40)44)45(43)33-17-9-3-10-18-33/h1-30H. The Kier molecular flexibility index (Phi) is 6.17. The van der Waals surface area contributed by atoms with Gasteiger partial charge in [0.15, 0.2) is 0 Å². The molecule has 2 nitrogen and oxygen atoms in total. The molecule has 8 aromatic carbocycles. The number of hydrogen-bond donors (Lipinski definition) is 0. The van der Waals surface area contributed by atoms with Crippen LogP contribution in [0.1, 0.15) is 0 Å². The molecule has 0 fully saturated rings. The highest BCUT2D eigenvalue weighted by Crippen LogP contribution is 2.38. The number of nitrogens with zero attached hydrogens (tertiary/aromatic N) is 2. The maximum Gasteiger partial charge on any atom is 0.0541 e. The van der Waals surface area contributed by atoms with Crippen molar-refractivity contribution in [1.82, 2.24) is 9.13 Å². The minimum atomic E-state index is 1.12. The van der Waals surface area contributed by atoms with E-state index in [1.54, 1.807) is 0 Å². The van der Waals surface area contributed by atoms with E-state index < -0.39 is 0 Å². The summed E-state index contributed by atoms with van der Waals surface area (Å²) < 4.78 is 4.83. The predicted octanol–water partition coefficient (Wildman–Crippen LogP) is 11.8. The van der Waals surface area contributed by atoms with Crippen molar-refractivity contribution in [2.45, 2.75) is 0 Å². The molecule has 0 unspecified atom stereocenters. The molecule has 4 bridgehead atoms. The fourth-order valence-electron chi connectivity index (χ4n) is 7.06. The number of benzene rings is 8. The molecule has 2 heteroatoms. The van der Waals surface area contributed by atoms with Gasteiger partial charge in [0.1, 0.15) is 0 Å². The monoisotopic (exact) mass is 586 g/mol. The van der Waals surface area contributed by atoms with E-state index in [0.29, 0.717) is 0 Å². The maximum absolute atomic E-state index is 2.41. The minimum Gasteiger partial charge on any atom is -0.310 e. The van der Waals surface area contributed by atoms with Gasteiger partial charge in [0.05, 0.1) is 11.0 Å². The Labute approximate surface area is 267 Å². The highest BCUT2D eigenvalue weighted by molar-refractivity contribution is 6.10. The lowest BCUT2D eigenvalue weighted by molar-refractivity contribution is 1.15. The molecule has 0 saturated carbocycles. The van der Waals surface area contributed by atoms with Gasteiger partial charge in [0, 0.05) is 33.2 Å². The zero-order valence-corrected chi connectivity index (χ0v) is 25.2. The highest BCUT2D eigenvalue weighted by Gasteiger charge is 2.15. The van der Waals surface area contributed by atoms with Crippen LogP contribution < -0.4 is 0 Å². The first kappa shape index (κ1) is 26.3. The zero-order chi connectivity index (χ0) is 30.5. The van der Waals surface area contributed by atoms with E-state index >= 15 is 0 Å². The quantitative estimate of drug-likeness (QED) is 0.194. The Morgan fingerprint density at radius 1 is 0.283 bits per heavy atom. The lowest BCUT2D eigenvalue weighted by atomic mass is 9.95. The van der Waals surface area contributed by atoms with Gasteiger partial charge in [-0.1, -0.05) is 121 Å². The number of fused-ring (bicyclic) bond motifs is 2. The largest absolute Gasteiger partial charge is 0.310 e. The van der Waals surface area contributed by atoms with E-state index in [2.05, 4.69) is 191 Å². The fourth-order valence-corrected chi connectivity index (χ4v) is 7.06. The molecule has 0 aliphatic rings. The first-order valence-electron chi connectivity index (χ1n) is 15.8. The van der Waals surface area contributed by atoms with E-state index in [1.807, 2.05) is 0 Å². The van der Waals surface area contributed by atoms with Gasteiger partial charge in [-0.3, -0.25) is 0 Å². The molecule has 0 aliphatic carbocycles. The molecule has 0 N–H and O–H groups in total. The SMILES string of the molecule is c1ccc(-c2ccc3c4cc(ccc24)n(-c2ccccc2)c2ccc(-c4ccccc4)c4ccc(cc42)n3-c2ccccc2)cc1. The van der Waals surface area contributed by atoms with E-state index in [9.17, 15) is 0 Å². The van der Waals surface area contributed by atoms with Gasteiger partial charge >= 0.3 is 0 Å². The third-order valence-corrected chi connectivity index (χ3v) is 9.15. The Balaban J connectivity index is 1.53. The minimum absolute atomic E-state index is 1.12. The predicted molar refractivity (Wildman–Crippen MR) is 195 cm³/mol. The highest BCUT2D eigenvalue weighted by atomic mass is 15.0. The van der Waals surface area contributed by atoms with Gasteiger partial charge in [-0.25, -0.2) is 0 Å². The molecule has 9 rings (SSSR count). The van der Waals surface area contributed by atoms with Gasteiger partial charge in [0.2, 0.25) is 0 Å². The average molecular weight is 587 g/mol. The second-order valence-electron chi connectivity index (χ2n) is 11.8. The normalized spacial score (nSPS) is 11.5. The third-order valence-electron chi connectivity index (χ3n) is 9.15. The second-order valence-corrected chi connectivity index (χ2v) is 11.8. The molecule has 0 aliphatic heterocycles. The van der Waals surface area contributed by atoms with Crippen LogP contribution in [0.5, 0.6) is 0 Å². The van der Waals surface area contributed by atoms with Crippen molar-refractivity contribution in [3.8, 4) is 33.6 Å². The Bertz CT molecular complexity index is 2360. The first-order valence-corrected chi connectivity index (χ1v) is 15.8. The second kappa shape index (κ2) is 10.8. The van der Waals surface area contributed by atoms with Crippen LogP contribution in [-0.2, 0) is 0 Å². The number of hydrogen-bond acceptors (Lipinski definition) is 0. The number of para-hydroxylation sites is 2. The lowest BCUT2D eigenvalue weighted by Crippen LogP contribution is -2.02. The van der Waals surface area contributed by atoms with Crippen molar-refractivity contribution in [2.75, 3.05) is 0 Å². The van der Waals surface area contributed by atoms with E-state index in [0.717, 1.165) is 33.4 Å². The molecule has 9 aromatic rings. The molecular weight excluding hydrogens is 556 g/mol. The van der Waals surface area contributed by atoms with E-state index in [4.69, 9.17) is 0 Å². The van der Waals surface area contributed by atoms with Crippen LogP contribution in [0.25, 0.3) is 77.2 Å². The maximum atomic E-state index is 2.41. The summed E-state index contributed by atoms with van der Waals surface area (Å²) >= 11 is 0. The van der Waals surface area contributed by atoms with Crippen LogP contribution in [0, 0.1) is 0 Å². The van der Waals surface area contributed by atoms with Crippen molar-refractivity contribution in [3.63, 3.8) is 0 Å². The number of aromatic nitrogens is 2. The molecule has 0 saturated heterocycles. The van der Waals surface area contributed by atoms with E-state index in [-0.39, 0.29) is 0 Å². The van der Waals surface area contributed by atoms with Crippen molar-refractivity contribution in [1.29, 1.82) is 0 Å². The molecule has 46 heavy (non-hydrogen) atoms. The van der Waals surface area contributed by atoms with Crippen LogP contribution in [0.15, 0.2) is 182 Å². The summed E-state index contributed by atoms with van der Waals surface area (Å²) in [5.41, 5.74) is 11.7. The van der Waals surface area contributed by atoms with Crippen molar-refractivity contribution in [2.24, 2.45) is 0 Å². The topological polar surface area (TPSA) is 9.86 Å². The zero-order valence-electron chi connectivity index (χ0n) is 25.2. The van der Waals surface area contributed by atoms with Crippen LogP contribution in [0.4, 0.5) is 0 Å². The Morgan fingerprint density at radius 2 is 0.652 bits per heavy atom. The van der Waals surface area contributed by atoms with Crippen LogP contribution >= 0.6 is 0 Å². The molecule has 0 spiro atoms. The first-order chi connectivity index (χ1) is 22.8. The van der Waals surface area contributed by atoms with Crippen LogP contribution in [-0.4, -0.2) is 9.13 Å². The van der Waals surface area contributed by atoms with Gasteiger partial charge in [0.25, 0.3) is 0 Å². The summed E-state index contributed by atoms with van der Waals surface area (Å²) in [6.45, 7) is 0. The van der Waals surface area contributed by atoms with Crippen molar-refractivity contribution < 1.29 is 0 Å². The molecule has 0 radical (unpaired) electrons. The summed E-state index contributed by atoms with van der Waals surface area (Å²) in [5, 5.41) is 4.85. The molecule has 0 amide bonds. The summed E-state index contributed by atoms with van der Waals surface area (Å²) in [4.78, 5) is 0. The molecule has 1 heterocycles. The molecular formula is C44H30N2. The van der Waals surface area contributed by atoms with Gasteiger partial charge in [-0.05, 0) is 93.7 Å². The molecule has 216 valence electrons. The summed E-state index contributed by atoms with van der Waals surface area (Å²) in [7, 11) is 0. The number of rotatable bonds is 4. The fraction of sp³-hybridized carbons (Fsp3) is 0. The average Bonchev–Trinajstić information content (AvgIpc) is 3.13. The Morgan fingerprint density at radius 3 is 1.04 bits per heavy atom. The molecule has 0 atom stereocenters. The van der Waals surface area contributed by atoms with Crippen molar-refractivity contribution in [3.05, 3.63) is 182 Å². The van der Waals surface area contributed by atoms with Gasteiger partial charge in [-0.2, -0.15) is 0 Å². The smallest absolute Gasteiger partial charge is 0.0541 e. The van der Waals surface area contributed by atoms with Gasteiger partial charge in [-0.15, -0.1) is 0 Å². The van der Waals surface area contributed by atoms with Crippen molar-refractivity contribution >= 4 is 43.6 Å². The summed E-state index contributed by atoms with van der Waals surface area (Å²) in [6.07, 6.45) is 0. The van der Waals surface area contributed by atoms with Crippen LogP contribution in [0.3, 0.4) is 0 Å². The summed E-state index contributed by atoms with van der Waals surface area (Å²) in [5.74, 6) is 0. The Hall–Kier alpha value is -6.12. The van der Waals surface area contributed by atoms with Gasteiger partial charge < -0.3 is 9.13 Å². The van der Waals surface area contributed by atoms with E-state index in [1.165, 1.54) is 43.8 Å². The third kappa shape index (κ3) is 4.27. The molecule has 1 aromatic heterocycles. The summed E-state index contributed by atoms with van der Waals surface area (Å²) in [6, 6.07) is 66.0.